The van der Waals surface area contributed by atoms with Gasteiger partial charge in [-0.1, -0.05) is 43.3 Å². The minimum Gasteiger partial charge on any atom is -0.506 e. The van der Waals surface area contributed by atoms with Crippen molar-refractivity contribution in [1.82, 2.24) is 9.97 Å². The monoisotopic (exact) mass is 446 g/mol. The molecule has 1 heterocycles. The molecule has 0 aliphatic carbocycles. The third kappa shape index (κ3) is 5.51. The SMILES string of the molecule is CCOC(=O)C(/C(N)=N/C(N)=Nc1nc(C)c2cc(CC)ccc2n1)=C(/O)c1ccccc1. The zero-order chi connectivity index (χ0) is 24.0. The third-order valence-electron chi connectivity index (χ3n) is 4.82. The summed E-state index contributed by atoms with van der Waals surface area (Å²) < 4.78 is 5.03. The van der Waals surface area contributed by atoms with Crippen LogP contribution in [0.2, 0.25) is 0 Å². The quantitative estimate of drug-likeness (QED) is 0.173. The highest BCUT2D eigenvalue weighted by molar-refractivity contribution is 6.24. The predicted molar refractivity (Wildman–Crippen MR) is 129 cm³/mol. The summed E-state index contributed by atoms with van der Waals surface area (Å²) in [4.78, 5) is 29.4. The molecular formula is C24H26N6O3. The van der Waals surface area contributed by atoms with E-state index in [1.807, 2.05) is 25.1 Å². The highest BCUT2D eigenvalue weighted by Gasteiger charge is 2.22. The van der Waals surface area contributed by atoms with Crippen LogP contribution in [0.3, 0.4) is 0 Å². The van der Waals surface area contributed by atoms with Gasteiger partial charge in [-0.3, -0.25) is 0 Å². The Morgan fingerprint density at radius 3 is 2.48 bits per heavy atom. The van der Waals surface area contributed by atoms with Crippen LogP contribution >= 0.6 is 0 Å². The lowest BCUT2D eigenvalue weighted by Crippen LogP contribution is -2.27. The number of amidine groups is 1. The van der Waals surface area contributed by atoms with E-state index in [1.54, 1.807) is 37.3 Å². The van der Waals surface area contributed by atoms with Gasteiger partial charge in [0.15, 0.2) is 0 Å². The molecule has 0 saturated heterocycles. The van der Waals surface area contributed by atoms with Gasteiger partial charge in [0.1, 0.15) is 17.2 Å². The van der Waals surface area contributed by atoms with Gasteiger partial charge in [0.2, 0.25) is 5.96 Å². The first-order chi connectivity index (χ1) is 15.8. The molecule has 170 valence electrons. The Hall–Kier alpha value is -4.27. The molecule has 0 radical (unpaired) electrons. The number of aliphatic hydroxyl groups is 1. The van der Waals surface area contributed by atoms with Gasteiger partial charge in [0.05, 0.1) is 17.8 Å². The average molecular weight is 447 g/mol. The van der Waals surface area contributed by atoms with E-state index in [2.05, 4.69) is 26.9 Å². The fourth-order valence-corrected chi connectivity index (χ4v) is 3.16. The highest BCUT2D eigenvalue weighted by atomic mass is 16.5. The Balaban J connectivity index is 2.01. The first-order valence-corrected chi connectivity index (χ1v) is 10.5. The van der Waals surface area contributed by atoms with Crippen molar-refractivity contribution in [2.24, 2.45) is 21.5 Å². The molecule has 33 heavy (non-hydrogen) atoms. The summed E-state index contributed by atoms with van der Waals surface area (Å²) in [5.41, 5.74) is 14.7. The lowest BCUT2D eigenvalue weighted by Gasteiger charge is -2.10. The van der Waals surface area contributed by atoms with Crippen LogP contribution in [0.15, 0.2) is 64.1 Å². The van der Waals surface area contributed by atoms with Crippen LogP contribution in [0.1, 0.15) is 30.7 Å². The van der Waals surface area contributed by atoms with E-state index in [0.717, 1.165) is 23.0 Å². The number of benzene rings is 2. The van der Waals surface area contributed by atoms with Crippen molar-refractivity contribution >= 4 is 40.4 Å². The molecule has 0 saturated carbocycles. The topological polar surface area (TPSA) is 149 Å². The van der Waals surface area contributed by atoms with Crippen LogP contribution in [-0.4, -0.2) is 39.4 Å². The van der Waals surface area contributed by atoms with E-state index in [0.29, 0.717) is 5.56 Å². The maximum absolute atomic E-state index is 12.5. The fraction of sp³-hybridized carbons (Fsp3) is 0.208. The summed E-state index contributed by atoms with van der Waals surface area (Å²) in [6.07, 6.45) is 0.905. The Kier molecular flexibility index (Phi) is 7.34. The van der Waals surface area contributed by atoms with Gasteiger partial charge in [-0.25, -0.2) is 14.8 Å². The maximum Gasteiger partial charge on any atom is 0.345 e. The molecule has 3 rings (SSSR count). The number of nitrogens with zero attached hydrogens (tertiary/aromatic N) is 4. The Morgan fingerprint density at radius 2 is 1.82 bits per heavy atom. The first kappa shape index (κ1) is 23.4. The molecule has 1 aromatic heterocycles. The van der Waals surface area contributed by atoms with Crippen LogP contribution in [-0.2, 0) is 16.0 Å². The number of guanidine groups is 1. The highest BCUT2D eigenvalue weighted by Crippen LogP contribution is 2.21. The van der Waals surface area contributed by atoms with E-state index in [9.17, 15) is 9.90 Å². The van der Waals surface area contributed by atoms with Gasteiger partial charge in [0, 0.05) is 10.9 Å². The molecule has 0 bridgehead atoms. The van der Waals surface area contributed by atoms with E-state index < -0.39 is 5.97 Å². The number of ether oxygens (including phenoxy) is 1. The van der Waals surface area contributed by atoms with Gasteiger partial charge in [-0.15, -0.1) is 0 Å². The summed E-state index contributed by atoms with van der Waals surface area (Å²) in [5, 5.41) is 11.6. The molecule has 0 spiro atoms. The normalized spacial score (nSPS) is 13.1. The molecule has 0 unspecified atom stereocenters. The Labute approximate surface area is 191 Å². The van der Waals surface area contributed by atoms with E-state index in [4.69, 9.17) is 16.2 Å². The summed E-state index contributed by atoms with van der Waals surface area (Å²) in [6.45, 7) is 5.66. The van der Waals surface area contributed by atoms with Crippen molar-refractivity contribution in [3.63, 3.8) is 0 Å². The number of carbonyl (C=O) groups excluding carboxylic acids is 1. The number of carbonyl (C=O) groups is 1. The number of rotatable bonds is 6. The summed E-state index contributed by atoms with van der Waals surface area (Å²) in [5.74, 6) is -1.74. The molecule has 0 fully saturated rings. The van der Waals surface area contributed by atoms with Crippen molar-refractivity contribution in [3.05, 3.63) is 70.9 Å². The summed E-state index contributed by atoms with van der Waals surface area (Å²) >= 11 is 0. The second-order valence-electron chi connectivity index (χ2n) is 7.09. The minimum atomic E-state index is -0.836. The number of hydrogen-bond acceptors (Lipinski definition) is 6. The number of hydrogen-bond donors (Lipinski definition) is 3. The van der Waals surface area contributed by atoms with Gasteiger partial charge in [-0.05, 0) is 38.0 Å². The summed E-state index contributed by atoms with van der Waals surface area (Å²) in [6, 6.07) is 14.4. The minimum absolute atomic E-state index is 0.0885. The molecule has 0 amide bonds. The second kappa shape index (κ2) is 10.4. The van der Waals surface area contributed by atoms with Gasteiger partial charge >= 0.3 is 5.97 Å². The second-order valence-corrected chi connectivity index (χ2v) is 7.09. The van der Waals surface area contributed by atoms with Crippen molar-refractivity contribution in [2.75, 3.05) is 6.61 Å². The molecule has 5 N–H and O–H groups in total. The number of aryl methyl sites for hydroxylation is 2. The number of nitrogens with two attached hydrogens (primary N) is 2. The van der Waals surface area contributed by atoms with Gasteiger partial charge < -0.3 is 21.3 Å². The van der Waals surface area contributed by atoms with Gasteiger partial charge in [-0.2, -0.15) is 9.98 Å². The average Bonchev–Trinajstić information content (AvgIpc) is 2.79. The van der Waals surface area contributed by atoms with E-state index in [1.165, 1.54) is 5.56 Å². The molecular weight excluding hydrogens is 420 g/mol. The van der Waals surface area contributed by atoms with E-state index >= 15 is 0 Å². The zero-order valence-corrected chi connectivity index (χ0v) is 18.7. The third-order valence-corrected chi connectivity index (χ3v) is 4.82. The van der Waals surface area contributed by atoms with Crippen molar-refractivity contribution in [3.8, 4) is 0 Å². The predicted octanol–water partition coefficient (Wildman–Crippen LogP) is 3.34. The Bertz CT molecular complexity index is 1270. The number of aromatic nitrogens is 2. The molecule has 0 aliphatic heterocycles. The smallest absolute Gasteiger partial charge is 0.345 e. The van der Waals surface area contributed by atoms with Crippen LogP contribution in [0, 0.1) is 6.92 Å². The largest absolute Gasteiger partial charge is 0.506 e. The molecule has 0 atom stereocenters. The first-order valence-electron chi connectivity index (χ1n) is 10.5. The van der Waals surface area contributed by atoms with Crippen LogP contribution < -0.4 is 11.5 Å². The molecule has 9 heteroatoms. The Morgan fingerprint density at radius 1 is 1.09 bits per heavy atom. The number of aliphatic hydroxyl groups excluding tert-OH is 1. The van der Waals surface area contributed by atoms with E-state index in [-0.39, 0.29) is 35.7 Å². The van der Waals surface area contributed by atoms with Crippen molar-refractivity contribution in [1.29, 1.82) is 0 Å². The lowest BCUT2D eigenvalue weighted by molar-refractivity contribution is -0.137. The standard InChI is InChI=1S/C24H26N6O3/c1-4-15-11-12-18-17(13-15)14(3)27-24(28-18)30-23(26)29-21(25)19(22(32)33-5-2)20(31)16-9-7-6-8-10-16/h6-13,31H,4-5H2,1-3H3,(H4,25,26,27,28,29,30)/b20-19+. The van der Waals surface area contributed by atoms with Crippen LogP contribution in [0.25, 0.3) is 16.7 Å². The number of fused-ring (bicyclic) bond motifs is 1. The molecule has 2 aromatic carbocycles. The molecule has 3 aromatic rings. The lowest BCUT2D eigenvalue weighted by atomic mass is 10.1. The number of esters is 1. The van der Waals surface area contributed by atoms with Crippen LogP contribution in [0.5, 0.6) is 0 Å². The fourth-order valence-electron chi connectivity index (χ4n) is 3.16. The molecule has 0 aliphatic rings. The number of aliphatic imine (C=N–C) groups is 2. The van der Waals surface area contributed by atoms with Gasteiger partial charge in [0.25, 0.3) is 5.95 Å². The van der Waals surface area contributed by atoms with Crippen molar-refractivity contribution < 1.29 is 14.6 Å². The molecule has 9 nitrogen and oxygen atoms in total. The maximum atomic E-state index is 12.5. The summed E-state index contributed by atoms with van der Waals surface area (Å²) in [7, 11) is 0. The van der Waals surface area contributed by atoms with Crippen molar-refractivity contribution in [2.45, 2.75) is 27.2 Å². The van der Waals surface area contributed by atoms with Crippen LogP contribution in [0.4, 0.5) is 5.95 Å². The zero-order valence-electron chi connectivity index (χ0n) is 18.7.